The summed E-state index contributed by atoms with van der Waals surface area (Å²) < 4.78 is 5.20. The largest absolute Gasteiger partial charge is 0.512 e. The molecule has 84 valence electrons. The summed E-state index contributed by atoms with van der Waals surface area (Å²) in [7, 11) is 0. The summed E-state index contributed by atoms with van der Waals surface area (Å²) in [5.41, 5.74) is 0.589. The molecule has 0 heterocycles. The molecule has 0 fully saturated rings. The number of carbonyl (C=O) groups excluding carboxylic acids is 1. The Hall–Kier alpha value is -1.25. The van der Waals surface area contributed by atoms with Crippen LogP contribution in [0.25, 0.3) is 0 Å². The van der Waals surface area contributed by atoms with Gasteiger partial charge in [-0.05, 0) is 33.3 Å². The van der Waals surface area contributed by atoms with Crippen molar-refractivity contribution in [3.05, 3.63) is 23.5 Å². The van der Waals surface area contributed by atoms with E-state index in [9.17, 15) is 4.79 Å². The van der Waals surface area contributed by atoms with Crippen LogP contribution in [0.1, 0.15) is 40.0 Å². The van der Waals surface area contributed by atoms with Crippen molar-refractivity contribution in [3.63, 3.8) is 0 Å². The highest BCUT2D eigenvalue weighted by Crippen LogP contribution is 2.20. The third-order valence-electron chi connectivity index (χ3n) is 2.01. The highest BCUT2D eigenvalue weighted by atomic mass is 16.6. The van der Waals surface area contributed by atoms with E-state index in [1.807, 2.05) is 20.8 Å². The number of allylic oxidation sites excluding steroid dienone is 3. The number of esters is 1. The topological polar surface area (TPSA) is 46.5 Å². The van der Waals surface area contributed by atoms with E-state index in [-0.39, 0.29) is 5.97 Å². The Labute approximate surface area is 90.4 Å². The van der Waals surface area contributed by atoms with Crippen LogP contribution in [0.3, 0.4) is 0 Å². The highest BCUT2D eigenvalue weighted by molar-refractivity contribution is 5.73. The summed E-state index contributed by atoms with van der Waals surface area (Å²) in [5.74, 6) is 0.173. The van der Waals surface area contributed by atoms with Gasteiger partial charge in [0.2, 0.25) is 0 Å². The summed E-state index contributed by atoms with van der Waals surface area (Å²) >= 11 is 0. The van der Waals surface area contributed by atoms with Crippen molar-refractivity contribution in [3.8, 4) is 0 Å². The van der Waals surface area contributed by atoms with Crippen molar-refractivity contribution >= 4 is 5.97 Å². The summed E-state index contributed by atoms with van der Waals surface area (Å²) in [4.78, 5) is 11.5. The smallest absolute Gasteiger partial charge is 0.310 e. The van der Waals surface area contributed by atoms with E-state index in [1.165, 1.54) is 0 Å². The Morgan fingerprint density at radius 2 is 2.07 bits per heavy atom. The first-order valence-corrected chi connectivity index (χ1v) is 5.16. The quantitative estimate of drug-likeness (QED) is 0.713. The molecule has 0 amide bonds. The van der Waals surface area contributed by atoms with Gasteiger partial charge < -0.3 is 9.84 Å². The van der Waals surface area contributed by atoms with Gasteiger partial charge in [0.15, 0.2) is 0 Å². The number of aliphatic hydroxyl groups excluding tert-OH is 1. The average Bonchev–Trinajstić information content (AvgIpc) is 2.05. The molecule has 0 atom stereocenters. The van der Waals surface area contributed by atoms with Crippen LogP contribution in [0.5, 0.6) is 0 Å². The van der Waals surface area contributed by atoms with Gasteiger partial charge in [-0.2, -0.15) is 0 Å². The number of hydrogen-bond donors (Lipinski definition) is 1. The van der Waals surface area contributed by atoms with Gasteiger partial charge in [-0.25, -0.2) is 0 Å². The van der Waals surface area contributed by atoms with E-state index in [2.05, 4.69) is 0 Å². The molecule has 1 aliphatic rings. The molecule has 0 unspecified atom stereocenters. The maximum Gasteiger partial charge on any atom is 0.310 e. The molecule has 0 spiro atoms. The third kappa shape index (κ3) is 4.68. The zero-order chi connectivity index (χ0) is 11.5. The molecule has 0 radical (unpaired) electrons. The maximum atomic E-state index is 11.5. The summed E-state index contributed by atoms with van der Waals surface area (Å²) in [6, 6.07) is 0. The first-order chi connectivity index (χ1) is 6.87. The van der Waals surface area contributed by atoms with Gasteiger partial charge in [0.05, 0.1) is 12.2 Å². The van der Waals surface area contributed by atoms with Crippen molar-refractivity contribution < 1.29 is 14.6 Å². The molecule has 1 N–H and O–H groups in total. The summed E-state index contributed by atoms with van der Waals surface area (Å²) in [6.45, 7) is 5.56. The predicted molar refractivity (Wildman–Crippen MR) is 58.5 cm³/mol. The van der Waals surface area contributed by atoms with Crippen LogP contribution in [-0.4, -0.2) is 16.7 Å². The molecule has 3 nitrogen and oxygen atoms in total. The molecule has 0 saturated heterocycles. The molecule has 0 aromatic heterocycles. The molecule has 1 rings (SSSR count). The highest BCUT2D eigenvalue weighted by Gasteiger charge is 2.17. The van der Waals surface area contributed by atoms with Crippen LogP contribution in [0, 0.1) is 0 Å². The minimum Gasteiger partial charge on any atom is -0.512 e. The molecule has 0 saturated carbocycles. The maximum absolute atomic E-state index is 11.5. The standard InChI is InChI=1S/C12H18O3/c1-12(2,3)15-11(14)8-9-4-6-10(13)7-5-9/h4,6,13H,5,7-8H2,1-3H3. The fraction of sp³-hybridized carbons (Fsp3) is 0.583. The lowest BCUT2D eigenvalue weighted by Gasteiger charge is -2.20. The second-order valence-electron chi connectivity index (χ2n) is 4.75. The SMILES string of the molecule is CC(C)(C)OC(=O)CC1=CC=C(O)CC1. The van der Waals surface area contributed by atoms with Gasteiger partial charge in [0.25, 0.3) is 0 Å². The summed E-state index contributed by atoms with van der Waals surface area (Å²) in [6.07, 6.45) is 5.11. The van der Waals surface area contributed by atoms with Crippen molar-refractivity contribution in [2.24, 2.45) is 0 Å². The van der Waals surface area contributed by atoms with Gasteiger partial charge in [0.1, 0.15) is 5.60 Å². The Morgan fingerprint density at radius 3 is 2.53 bits per heavy atom. The van der Waals surface area contributed by atoms with Crippen molar-refractivity contribution in [1.29, 1.82) is 0 Å². The second-order valence-corrected chi connectivity index (χ2v) is 4.75. The van der Waals surface area contributed by atoms with Crippen LogP contribution in [0.2, 0.25) is 0 Å². The van der Waals surface area contributed by atoms with Crippen LogP contribution in [0.15, 0.2) is 23.5 Å². The molecule has 0 bridgehead atoms. The lowest BCUT2D eigenvalue weighted by atomic mass is 10.0. The lowest BCUT2D eigenvalue weighted by Crippen LogP contribution is -2.24. The van der Waals surface area contributed by atoms with Crippen LogP contribution < -0.4 is 0 Å². The zero-order valence-electron chi connectivity index (χ0n) is 9.54. The van der Waals surface area contributed by atoms with E-state index < -0.39 is 5.60 Å². The number of carbonyl (C=O) groups is 1. The van der Waals surface area contributed by atoms with Gasteiger partial charge in [-0.15, -0.1) is 0 Å². The Balaban J connectivity index is 2.46. The Bertz CT molecular complexity index is 305. The van der Waals surface area contributed by atoms with Crippen molar-refractivity contribution in [2.45, 2.75) is 45.6 Å². The second kappa shape index (κ2) is 4.51. The fourth-order valence-corrected chi connectivity index (χ4v) is 1.38. The van der Waals surface area contributed by atoms with Crippen LogP contribution in [0.4, 0.5) is 0 Å². The first kappa shape index (κ1) is 11.8. The number of ether oxygens (including phenoxy) is 1. The lowest BCUT2D eigenvalue weighted by molar-refractivity contribution is -0.153. The minimum absolute atomic E-state index is 0.205. The average molecular weight is 210 g/mol. The first-order valence-electron chi connectivity index (χ1n) is 5.16. The van der Waals surface area contributed by atoms with E-state index >= 15 is 0 Å². The Kier molecular flexibility index (Phi) is 3.56. The molecule has 0 aromatic carbocycles. The van der Waals surface area contributed by atoms with Crippen molar-refractivity contribution in [1.82, 2.24) is 0 Å². The van der Waals surface area contributed by atoms with E-state index in [0.717, 1.165) is 12.0 Å². The van der Waals surface area contributed by atoms with Gasteiger partial charge in [0, 0.05) is 6.42 Å². The normalized spacial score (nSPS) is 16.7. The van der Waals surface area contributed by atoms with Crippen LogP contribution >= 0.6 is 0 Å². The van der Waals surface area contributed by atoms with E-state index in [0.29, 0.717) is 18.6 Å². The summed E-state index contributed by atoms with van der Waals surface area (Å²) in [5, 5.41) is 9.15. The van der Waals surface area contributed by atoms with Gasteiger partial charge in [-0.3, -0.25) is 4.79 Å². The number of aliphatic hydroxyl groups is 1. The molecular formula is C12H18O3. The monoisotopic (exact) mass is 210 g/mol. The molecule has 0 aliphatic heterocycles. The van der Waals surface area contributed by atoms with Crippen LogP contribution in [-0.2, 0) is 9.53 Å². The van der Waals surface area contributed by atoms with Gasteiger partial charge in [-0.1, -0.05) is 11.6 Å². The van der Waals surface area contributed by atoms with Crippen molar-refractivity contribution in [2.75, 3.05) is 0 Å². The third-order valence-corrected chi connectivity index (χ3v) is 2.01. The van der Waals surface area contributed by atoms with E-state index in [1.54, 1.807) is 12.2 Å². The fourth-order valence-electron chi connectivity index (χ4n) is 1.38. The minimum atomic E-state index is -0.426. The predicted octanol–water partition coefficient (Wildman–Crippen LogP) is 2.88. The molecule has 3 heteroatoms. The molecule has 1 aliphatic carbocycles. The molecular weight excluding hydrogens is 192 g/mol. The van der Waals surface area contributed by atoms with Gasteiger partial charge >= 0.3 is 5.97 Å². The van der Waals surface area contributed by atoms with E-state index in [4.69, 9.17) is 9.84 Å². The number of rotatable bonds is 2. The Morgan fingerprint density at radius 1 is 1.40 bits per heavy atom. The zero-order valence-corrected chi connectivity index (χ0v) is 9.54. The number of hydrogen-bond acceptors (Lipinski definition) is 3. The molecule has 15 heavy (non-hydrogen) atoms. The molecule has 0 aromatic rings.